The molecule has 1 atom stereocenters. The van der Waals surface area contributed by atoms with Gasteiger partial charge in [-0.1, -0.05) is 28.1 Å². The molecule has 0 radical (unpaired) electrons. The van der Waals surface area contributed by atoms with Crippen molar-refractivity contribution in [2.24, 2.45) is 0 Å². The van der Waals surface area contributed by atoms with Crippen LogP contribution in [0.3, 0.4) is 0 Å². The first-order valence-corrected chi connectivity index (χ1v) is 9.02. The number of amides is 1. The van der Waals surface area contributed by atoms with Gasteiger partial charge in [-0.05, 0) is 67.4 Å². The fourth-order valence-corrected chi connectivity index (χ4v) is 3.13. The normalized spacial score (nSPS) is 11.8. The molecule has 0 saturated carbocycles. The van der Waals surface area contributed by atoms with E-state index in [2.05, 4.69) is 26.2 Å². The third-order valence-corrected chi connectivity index (χ3v) is 4.68. The van der Waals surface area contributed by atoms with Gasteiger partial charge in [0, 0.05) is 27.6 Å². The molecule has 2 aromatic carbocycles. The number of carbonyl (C=O) groups is 1. The minimum atomic E-state index is -0.386. The molecule has 1 heterocycles. The predicted molar refractivity (Wildman–Crippen MR) is 106 cm³/mol. The van der Waals surface area contributed by atoms with Crippen molar-refractivity contribution in [3.05, 3.63) is 82.3 Å². The molecule has 0 saturated heterocycles. The molecule has 0 fully saturated rings. The van der Waals surface area contributed by atoms with E-state index in [9.17, 15) is 9.18 Å². The second-order valence-corrected chi connectivity index (χ2v) is 7.06. The lowest BCUT2D eigenvalue weighted by Crippen LogP contribution is -2.19. The zero-order valence-corrected chi connectivity index (χ0v) is 16.0. The molecular formula is C21H18BrFN2O. The Labute approximate surface area is 160 Å². The van der Waals surface area contributed by atoms with Gasteiger partial charge < -0.3 is 5.32 Å². The Hall–Kier alpha value is -2.53. The van der Waals surface area contributed by atoms with Crippen molar-refractivity contribution in [1.29, 1.82) is 0 Å². The minimum Gasteiger partial charge on any atom is -0.325 e. The van der Waals surface area contributed by atoms with Crippen LogP contribution in [0, 0.1) is 12.7 Å². The number of halogens is 2. The molecule has 1 aromatic heterocycles. The number of nitrogens with zero attached hydrogens (tertiary/aromatic N) is 1. The Bertz CT molecular complexity index is 958. The molecule has 0 aliphatic carbocycles. The Balaban J connectivity index is 1.78. The lowest BCUT2D eigenvalue weighted by atomic mass is 10.00. The molecule has 26 heavy (non-hydrogen) atoms. The number of hydrogen-bond donors (Lipinski definition) is 1. The maximum Gasteiger partial charge on any atom is 0.231 e. The molecule has 3 aromatic rings. The van der Waals surface area contributed by atoms with Gasteiger partial charge in [0.1, 0.15) is 5.82 Å². The molecule has 1 unspecified atom stereocenters. The van der Waals surface area contributed by atoms with Gasteiger partial charge in [-0.3, -0.25) is 9.78 Å². The number of benzene rings is 2. The van der Waals surface area contributed by atoms with Crippen LogP contribution in [0.1, 0.15) is 24.1 Å². The van der Waals surface area contributed by atoms with Gasteiger partial charge in [-0.2, -0.15) is 0 Å². The van der Waals surface area contributed by atoms with E-state index < -0.39 is 0 Å². The smallest absolute Gasteiger partial charge is 0.231 e. The van der Waals surface area contributed by atoms with Crippen LogP contribution in [0.5, 0.6) is 0 Å². The van der Waals surface area contributed by atoms with Gasteiger partial charge in [-0.25, -0.2) is 4.39 Å². The van der Waals surface area contributed by atoms with Crippen molar-refractivity contribution in [3.8, 4) is 11.1 Å². The number of pyridine rings is 1. The van der Waals surface area contributed by atoms with Gasteiger partial charge in [-0.15, -0.1) is 0 Å². The maximum atomic E-state index is 14.5. The zero-order chi connectivity index (χ0) is 18.7. The van der Waals surface area contributed by atoms with Gasteiger partial charge in [0.05, 0.1) is 5.92 Å². The minimum absolute atomic E-state index is 0.185. The summed E-state index contributed by atoms with van der Waals surface area (Å²) in [6.45, 7) is 3.68. The second kappa shape index (κ2) is 7.79. The molecule has 5 heteroatoms. The van der Waals surface area contributed by atoms with Gasteiger partial charge in [0.15, 0.2) is 0 Å². The highest BCUT2D eigenvalue weighted by Gasteiger charge is 2.16. The first-order valence-electron chi connectivity index (χ1n) is 8.23. The Kier molecular flexibility index (Phi) is 5.47. The highest BCUT2D eigenvalue weighted by atomic mass is 79.9. The summed E-state index contributed by atoms with van der Waals surface area (Å²) in [7, 11) is 0. The quantitative estimate of drug-likeness (QED) is 0.596. The van der Waals surface area contributed by atoms with E-state index >= 15 is 0 Å². The average Bonchev–Trinajstić information content (AvgIpc) is 2.61. The van der Waals surface area contributed by atoms with Crippen LogP contribution in [-0.2, 0) is 4.79 Å². The Morgan fingerprint density at radius 1 is 1.15 bits per heavy atom. The van der Waals surface area contributed by atoms with Crippen LogP contribution in [0.15, 0.2) is 65.3 Å². The summed E-state index contributed by atoms with van der Waals surface area (Å²) in [5.74, 6) is -0.920. The zero-order valence-electron chi connectivity index (χ0n) is 14.5. The molecule has 0 bridgehead atoms. The molecule has 0 spiro atoms. The summed E-state index contributed by atoms with van der Waals surface area (Å²) in [6.07, 6.45) is 1.65. The topological polar surface area (TPSA) is 42.0 Å². The highest BCUT2D eigenvalue weighted by molar-refractivity contribution is 9.10. The van der Waals surface area contributed by atoms with E-state index in [4.69, 9.17) is 0 Å². The van der Waals surface area contributed by atoms with E-state index in [-0.39, 0.29) is 17.6 Å². The van der Waals surface area contributed by atoms with Crippen molar-refractivity contribution < 1.29 is 9.18 Å². The van der Waals surface area contributed by atoms with E-state index in [1.54, 1.807) is 24.4 Å². The molecule has 0 aliphatic rings. The monoisotopic (exact) mass is 412 g/mol. The van der Waals surface area contributed by atoms with Gasteiger partial charge >= 0.3 is 0 Å². The predicted octanol–water partition coefficient (Wildman–Crippen LogP) is 5.70. The SMILES string of the molecule is Cc1cc(-c2ccc(NC(=O)C(C)c3cccc(Br)c3)cc2F)ccn1. The third-order valence-electron chi connectivity index (χ3n) is 4.19. The fraction of sp³-hybridized carbons (Fsp3) is 0.143. The summed E-state index contributed by atoms with van der Waals surface area (Å²) in [6, 6.07) is 15.9. The van der Waals surface area contributed by atoms with Crippen LogP contribution in [-0.4, -0.2) is 10.9 Å². The first-order chi connectivity index (χ1) is 12.4. The summed E-state index contributed by atoms with van der Waals surface area (Å²) in [5.41, 5.74) is 3.39. The number of anilines is 1. The Morgan fingerprint density at radius 3 is 2.65 bits per heavy atom. The molecule has 1 amide bonds. The van der Waals surface area contributed by atoms with Crippen LogP contribution in [0.2, 0.25) is 0 Å². The third kappa shape index (κ3) is 4.17. The summed E-state index contributed by atoms with van der Waals surface area (Å²) < 4.78 is 15.4. The second-order valence-electron chi connectivity index (χ2n) is 6.15. The largest absolute Gasteiger partial charge is 0.325 e. The molecule has 3 rings (SSSR count). The van der Waals surface area contributed by atoms with Gasteiger partial charge in [0.2, 0.25) is 5.91 Å². The van der Waals surface area contributed by atoms with Crippen molar-refractivity contribution >= 4 is 27.5 Å². The number of rotatable bonds is 4. The molecule has 1 N–H and O–H groups in total. The van der Waals surface area contributed by atoms with Gasteiger partial charge in [0.25, 0.3) is 0 Å². The number of hydrogen-bond acceptors (Lipinski definition) is 2. The first kappa shape index (κ1) is 18.3. The Morgan fingerprint density at radius 2 is 1.96 bits per heavy atom. The lowest BCUT2D eigenvalue weighted by Gasteiger charge is -2.14. The lowest BCUT2D eigenvalue weighted by molar-refractivity contribution is -0.117. The van der Waals surface area contributed by atoms with Crippen LogP contribution in [0.4, 0.5) is 10.1 Å². The summed E-state index contributed by atoms with van der Waals surface area (Å²) >= 11 is 3.41. The summed E-state index contributed by atoms with van der Waals surface area (Å²) in [4.78, 5) is 16.6. The van der Waals surface area contributed by atoms with Crippen molar-refractivity contribution in [3.63, 3.8) is 0 Å². The molecule has 3 nitrogen and oxygen atoms in total. The highest BCUT2D eigenvalue weighted by Crippen LogP contribution is 2.27. The van der Waals surface area contributed by atoms with E-state index in [1.165, 1.54) is 6.07 Å². The van der Waals surface area contributed by atoms with Crippen LogP contribution in [0.25, 0.3) is 11.1 Å². The fourth-order valence-electron chi connectivity index (χ4n) is 2.72. The standard InChI is InChI=1S/C21H18BrFN2O/c1-13-10-16(8-9-24-13)19-7-6-18(12-20(19)23)25-21(26)14(2)15-4-3-5-17(22)11-15/h3-12,14H,1-2H3,(H,25,26). The maximum absolute atomic E-state index is 14.5. The summed E-state index contributed by atoms with van der Waals surface area (Å²) in [5, 5.41) is 2.78. The molecule has 132 valence electrons. The molecule has 0 aliphatic heterocycles. The van der Waals surface area contributed by atoms with Crippen LogP contribution < -0.4 is 5.32 Å². The number of aromatic nitrogens is 1. The van der Waals surface area contributed by atoms with Crippen molar-refractivity contribution in [2.45, 2.75) is 19.8 Å². The van der Waals surface area contributed by atoms with E-state index in [0.717, 1.165) is 21.3 Å². The van der Waals surface area contributed by atoms with E-state index in [1.807, 2.05) is 44.2 Å². The van der Waals surface area contributed by atoms with E-state index in [0.29, 0.717) is 11.3 Å². The van der Waals surface area contributed by atoms with Crippen LogP contribution >= 0.6 is 15.9 Å². The number of carbonyl (C=O) groups excluding carboxylic acids is 1. The number of nitrogens with one attached hydrogen (secondary N) is 1. The van der Waals surface area contributed by atoms with Crippen molar-refractivity contribution in [2.75, 3.05) is 5.32 Å². The van der Waals surface area contributed by atoms with Crippen molar-refractivity contribution in [1.82, 2.24) is 4.98 Å². The number of aryl methyl sites for hydroxylation is 1. The average molecular weight is 413 g/mol. The molecular weight excluding hydrogens is 395 g/mol.